The number of rotatable bonds is 9. The Morgan fingerprint density at radius 1 is 1.03 bits per heavy atom. The number of nitrogen functional groups attached to an aromatic ring is 1. The molecule has 0 aliphatic rings. The smallest absolute Gasteiger partial charge is 0.345 e. The molecule has 0 aliphatic carbocycles. The van der Waals surface area contributed by atoms with Crippen LogP contribution in [0.3, 0.4) is 0 Å². The Balaban J connectivity index is 1.79. The zero-order valence-electron chi connectivity index (χ0n) is 17.5. The Morgan fingerprint density at radius 2 is 1.66 bits per heavy atom. The number of sulfone groups is 1. The van der Waals surface area contributed by atoms with Crippen LogP contribution >= 0.6 is 7.60 Å². The lowest BCUT2D eigenvalue weighted by Gasteiger charge is -2.14. The normalized spacial score (nSPS) is 11.9. The molecule has 0 atom stereocenters. The Kier molecular flexibility index (Phi) is 7.20. The summed E-state index contributed by atoms with van der Waals surface area (Å²) in [4.78, 5) is 21.2. The van der Waals surface area contributed by atoms with Crippen LogP contribution in [0.4, 0.5) is 5.82 Å². The number of ketones is 1. The van der Waals surface area contributed by atoms with Gasteiger partial charge in [-0.3, -0.25) is 9.36 Å². The van der Waals surface area contributed by atoms with Gasteiger partial charge in [-0.2, -0.15) is 0 Å². The molecule has 0 amide bonds. The van der Waals surface area contributed by atoms with Crippen molar-refractivity contribution in [3.05, 3.63) is 72.1 Å². The van der Waals surface area contributed by atoms with E-state index in [1.54, 1.807) is 0 Å². The van der Waals surface area contributed by atoms with Gasteiger partial charge in [0.05, 0.1) is 16.8 Å². The fourth-order valence-corrected chi connectivity index (χ4v) is 6.70. The van der Waals surface area contributed by atoms with Crippen molar-refractivity contribution in [3.8, 4) is 11.3 Å². The summed E-state index contributed by atoms with van der Waals surface area (Å²) in [7, 11) is -5.43. The lowest BCUT2D eigenvalue weighted by Crippen LogP contribution is -2.12. The quantitative estimate of drug-likeness (QED) is 0.364. The maximum absolute atomic E-state index is 12.8. The first kappa shape index (κ1) is 23.7. The van der Waals surface area contributed by atoms with Gasteiger partial charge in [0, 0.05) is 26.2 Å². The molecule has 3 rings (SSSR count). The van der Waals surface area contributed by atoms with Gasteiger partial charge >= 0.3 is 7.60 Å². The zero-order valence-corrected chi connectivity index (χ0v) is 19.2. The fourth-order valence-electron chi connectivity index (χ4n) is 2.90. The van der Waals surface area contributed by atoms with Gasteiger partial charge in [0.2, 0.25) is 0 Å². The highest BCUT2D eigenvalue weighted by atomic mass is 32.2. The summed E-state index contributed by atoms with van der Waals surface area (Å²) in [6, 6.07) is 14.9. The minimum absolute atomic E-state index is 0.0174. The molecular formula is C21H22N3O6PS. The number of Topliss-reactive ketones (excluding diaryl/α,β-unsaturated/α-hetero) is 1. The summed E-state index contributed by atoms with van der Waals surface area (Å²) >= 11 is 0. The minimum Gasteiger partial charge on any atom is -0.382 e. The highest BCUT2D eigenvalue weighted by Crippen LogP contribution is 2.48. The Bertz CT molecular complexity index is 1260. The van der Waals surface area contributed by atoms with Gasteiger partial charge < -0.3 is 14.8 Å². The predicted molar refractivity (Wildman–Crippen MR) is 120 cm³/mol. The molecule has 0 spiro atoms. The Hall–Kier alpha value is -2.91. The molecule has 168 valence electrons. The van der Waals surface area contributed by atoms with Crippen LogP contribution in [0.2, 0.25) is 0 Å². The molecule has 0 aliphatic heterocycles. The van der Waals surface area contributed by atoms with E-state index in [0.29, 0.717) is 11.3 Å². The van der Waals surface area contributed by atoms with Crippen molar-refractivity contribution in [1.29, 1.82) is 0 Å². The van der Waals surface area contributed by atoms with Crippen LogP contribution in [0.25, 0.3) is 11.3 Å². The van der Waals surface area contributed by atoms with Gasteiger partial charge in [0.1, 0.15) is 5.69 Å². The maximum atomic E-state index is 12.8. The van der Waals surface area contributed by atoms with E-state index in [-0.39, 0.29) is 28.6 Å². The molecule has 0 radical (unpaired) electrons. The number of benzene rings is 2. The van der Waals surface area contributed by atoms with Crippen molar-refractivity contribution >= 4 is 29.0 Å². The van der Waals surface area contributed by atoms with Crippen LogP contribution < -0.4 is 5.73 Å². The molecule has 0 saturated carbocycles. The highest BCUT2D eigenvalue weighted by molar-refractivity contribution is 7.97. The zero-order chi connectivity index (χ0) is 23.4. The molecular weight excluding hydrogens is 453 g/mol. The summed E-state index contributed by atoms with van der Waals surface area (Å²) in [5, 5.41) is 0. The van der Waals surface area contributed by atoms with Gasteiger partial charge in [-0.25, -0.2) is 18.4 Å². The SMILES string of the molecule is COP(=O)(CS(=O)(=O)c1ccc(CC(=O)c2nc(-c3ccccc3)cnc2N)cc1)OC. The van der Waals surface area contributed by atoms with Crippen LogP contribution in [0.1, 0.15) is 16.1 Å². The standard InChI is InChI=1S/C21H22N3O6PS/c1-29-31(26,30-2)14-32(27,28)17-10-8-15(9-11-17)12-19(25)20-21(22)23-13-18(24-20)16-6-4-3-5-7-16/h3-11,13H,12,14H2,1-2H3,(H2,22,23). The molecule has 0 fully saturated rings. The number of aromatic nitrogens is 2. The van der Waals surface area contributed by atoms with E-state index < -0.39 is 22.9 Å². The third-order valence-corrected chi connectivity index (χ3v) is 9.39. The van der Waals surface area contributed by atoms with Crippen molar-refractivity contribution < 1.29 is 26.8 Å². The number of hydrogen-bond donors (Lipinski definition) is 1. The first-order chi connectivity index (χ1) is 15.2. The van der Waals surface area contributed by atoms with Gasteiger partial charge in [-0.15, -0.1) is 0 Å². The number of anilines is 1. The van der Waals surface area contributed by atoms with Crippen molar-refractivity contribution in [1.82, 2.24) is 9.97 Å². The molecule has 1 heterocycles. The minimum atomic E-state index is -3.92. The van der Waals surface area contributed by atoms with E-state index in [0.717, 1.165) is 19.8 Å². The van der Waals surface area contributed by atoms with Crippen molar-refractivity contribution in [2.45, 2.75) is 11.3 Å². The van der Waals surface area contributed by atoms with Crippen LogP contribution in [0.5, 0.6) is 0 Å². The van der Waals surface area contributed by atoms with Gasteiger partial charge in [0.25, 0.3) is 0 Å². The van der Waals surface area contributed by atoms with E-state index in [2.05, 4.69) is 9.97 Å². The maximum Gasteiger partial charge on any atom is 0.345 e. The monoisotopic (exact) mass is 475 g/mol. The topological polar surface area (TPSA) is 139 Å². The van der Waals surface area contributed by atoms with Crippen molar-refractivity contribution in [3.63, 3.8) is 0 Å². The van der Waals surface area contributed by atoms with Gasteiger partial charge in [-0.05, 0) is 17.7 Å². The summed E-state index contributed by atoms with van der Waals surface area (Å²) in [6.45, 7) is 0. The Labute approximate surface area is 186 Å². The average Bonchev–Trinajstić information content (AvgIpc) is 2.80. The van der Waals surface area contributed by atoms with E-state index in [4.69, 9.17) is 14.8 Å². The number of nitrogens with two attached hydrogens (primary N) is 1. The second kappa shape index (κ2) is 9.70. The summed E-state index contributed by atoms with van der Waals surface area (Å²) in [6.07, 6.45) is 1.45. The van der Waals surface area contributed by atoms with Crippen molar-refractivity contribution in [2.75, 3.05) is 25.4 Å². The molecule has 0 bridgehead atoms. The third kappa shape index (κ3) is 5.46. The highest BCUT2D eigenvalue weighted by Gasteiger charge is 2.31. The lowest BCUT2D eigenvalue weighted by atomic mass is 10.1. The van der Waals surface area contributed by atoms with Crippen LogP contribution in [-0.2, 0) is 29.9 Å². The third-order valence-electron chi connectivity index (χ3n) is 4.67. The number of carbonyl (C=O) groups is 1. The van der Waals surface area contributed by atoms with Crippen molar-refractivity contribution in [2.24, 2.45) is 0 Å². The predicted octanol–water partition coefficient (Wildman–Crippen LogP) is 3.37. The van der Waals surface area contributed by atoms with Gasteiger partial charge in [0.15, 0.2) is 26.9 Å². The molecule has 32 heavy (non-hydrogen) atoms. The molecule has 1 aromatic heterocycles. The lowest BCUT2D eigenvalue weighted by molar-refractivity contribution is 0.0989. The van der Waals surface area contributed by atoms with E-state index >= 15 is 0 Å². The summed E-state index contributed by atoms with van der Waals surface area (Å²) < 4.78 is 46.6. The molecule has 0 unspecified atom stereocenters. The summed E-state index contributed by atoms with van der Waals surface area (Å²) in [5.41, 5.74) is 7.00. The number of hydrogen-bond acceptors (Lipinski definition) is 9. The van der Waals surface area contributed by atoms with Gasteiger partial charge in [-0.1, -0.05) is 42.5 Å². The first-order valence-corrected chi connectivity index (χ1v) is 12.8. The van der Waals surface area contributed by atoms with Crippen LogP contribution in [0, 0.1) is 0 Å². The van der Waals surface area contributed by atoms with Crippen LogP contribution in [0.15, 0.2) is 65.7 Å². The molecule has 2 aromatic carbocycles. The fraction of sp³-hybridized carbons (Fsp3) is 0.190. The largest absolute Gasteiger partial charge is 0.382 e. The van der Waals surface area contributed by atoms with E-state index in [1.165, 1.54) is 30.5 Å². The molecule has 11 heteroatoms. The van der Waals surface area contributed by atoms with Crippen LogP contribution in [-0.4, -0.2) is 43.9 Å². The molecule has 3 aromatic rings. The van der Waals surface area contributed by atoms with E-state index in [9.17, 15) is 17.8 Å². The Morgan fingerprint density at radius 3 is 2.25 bits per heavy atom. The second-order valence-electron chi connectivity index (χ2n) is 6.82. The molecule has 2 N–H and O–H groups in total. The molecule has 9 nitrogen and oxygen atoms in total. The number of carbonyl (C=O) groups excluding carboxylic acids is 1. The summed E-state index contributed by atoms with van der Waals surface area (Å²) in [5.74, 6) is -0.338. The molecule has 0 saturated heterocycles. The number of nitrogens with zero attached hydrogens (tertiary/aromatic N) is 2. The van der Waals surface area contributed by atoms with E-state index in [1.807, 2.05) is 30.3 Å². The second-order valence-corrected chi connectivity index (χ2v) is 11.5. The average molecular weight is 475 g/mol. The first-order valence-electron chi connectivity index (χ1n) is 9.41.